The van der Waals surface area contributed by atoms with E-state index in [1.807, 2.05) is 39.6 Å². The lowest BCUT2D eigenvalue weighted by Gasteiger charge is -2.36. The van der Waals surface area contributed by atoms with Gasteiger partial charge in [0.05, 0.1) is 0 Å². The van der Waals surface area contributed by atoms with Crippen LogP contribution >= 0.6 is 11.8 Å². The van der Waals surface area contributed by atoms with Gasteiger partial charge in [0.25, 0.3) is 0 Å². The average Bonchev–Trinajstić information content (AvgIpc) is 2.33. The molecule has 130 valence electrons. The standard InChI is InChI=1S/C17H34N2O2S/c1-13(10-19(7)15(20)21-16(2,3)4)9-18-14-8-17(5,6)12-22-11-14/h13-14,18H,8-12H2,1-7H3. The van der Waals surface area contributed by atoms with Crippen molar-refractivity contribution in [3.8, 4) is 0 Å². The number of rotatable bonds is 5. The Kier molecular flexibility index (Phi) is 7.06. The molecule has 22 heavy (non-hydrogen) atoms. The lowest BCUT2D eigenvalue weighted by atomic mass is 9.87. The maximum Gasteiger partial charge on any atom is 0.410 e. The first kappa shape index (κ1) is 19.6. The molecule has 1 aliphatic rings. The average molecular weight is 331 g/mol. The maximum atomic E-state index is 12.0. The van der Waals surface area contributed by atoms with Crippen molar-refractivity contribution in [1.82, 2.24) is 10.2 Å². The van der Waals surface area contributed by atoms with Gasteiger partial charge in [0, 0.05) is 25.4 Å². The van der Waals surface area contributed by atoms with Gasteiger partial charge in [-0.05, 0) is 50.8 Å². The van der Waals surface area contributed by atoms with E-state index in [-0.39, 0.29) is 6.09 Å². The van der Waals surface area contributed by atoms with Gasteiger partial charge in [0.15, 0.2) is 0 Å². The molecule has 0 bridgehead atoms. The number of nitrogens with one attached hydrogen (secondary N) is 1. The number of carbonyl (C=O) groups is 1. The van der Waals surface area contributed by atoms with Gasteiger partial charge in [0.1, 0.15) is 5.60 Å². The Hall–Kier alpha value is -0.420. The van der Waals surface area contributed by atoms with Crippen LogP contribution in [0.5, 0.6) is 0 Å². The summed E-state index contributed by atoms with van der Waals surface area (Å²) in [6.07, 6.45) is 0.989. The highest BCUT2D eigenvalue weighted by molar-refractivity contribution is 7.99. The van der Waals surface area contributed by atoms with Crippen molar-refractivity contribution < 1.29 is 9.53 Å². The number of hydrogen-bond donors (Lipinski definition) is 1. The van der Waals surface area contributed by atoms with Crippen LogP contribution in [0, 0.1) is 11.3 Å². The fourth-order valence-corrected chi connectivity index (χ4v) is 4.02. The summed E-state index contributed by atoms with van der Waals surface area (Å²) < 4.78 is 5.39. The summed E-state index contributed by atoms with van der Waals surface area (Å²) in [6.45, 7) is 14.2. The molecular formula is C17H34N2O2S. The van der Waals surface area contributed by atoms with Gasteiger partial charge in [-0.1, -0.05) is 20.8 Å². The highest BCUT2D eigenvalue weighted by atomic mass is 32.2. The normalized spacial score (nSPS) is 23.0. The van der Waals surface area contributed by atoms with E-state index in [2.05, 4.69) is 26.1 Å². The van der Waals surface area contributed by atoms with Crippen LogP contribution < -0.4 is 5.32 Å². The molecule has 0 aromatic carbocycles. The van der Waals surface area contributed by atoms with Crippen molar-refractivity contribution in [2.24, 2.45) is 11.3 Å². The van der Waals surface area contributed by atoms with Gasteiger partial charge in [-0.15, -0.1) is 0 Å². The molecule has 0 aromatic rings. The quantitative estimate of drug-likeness (QED) is 0.836. The zero-order valence-corrected chi connectivity index (χ0v) is 16.2. The van der Waals surface area contributed by atoms with Crippen LogP contribution in [-0.4, -0.2) is 54.3 Å². The Labute approximate surface area is 140 Å². The van der Waals surface area contributed by atoms with Gasteiger partial charge in [-0.2, -0.15) is 11.8 Å². The zero-order chi connectivity index (χ0) is 17.0. The second-order valence-electron chi connectivity index (χ2n) is 8.45. The molecule has 0 radical (unpaired) electrons. The zero-order valence-electron chi connectivity index (χ0n) is 15.4. The smallest absolute Gasteiger partial charge is 0.410 e. The maximum absolute atomic E-state index is 12.0. The Morgan fingerprint density at radius 2 is 2.09 bits per heavy atom. The van der Waals surface area contributed by atoms with Gasteiger partial charge in [-0.3, -0.25) is 0 Å². The van der Waals surface area contributed by atoms with Crippen LogP contribution in [0.3, 0.4) is 0 Å². The summed E-state index contributed by atoms with van der Waals surface area (Å²) in [5.74, 6) is 2.85. The molecule has 1 fully saturated rings. The monoisotopic (exact) mass is 330 g/mol. The van der Waals surface area contributed by atoms with E-state index in [0.29, 0.717) is 23.9 Å². The molecule has 5 heteroatoms. The second kappa shape index (κ2) is 7.91. The minimum absolute atomic E-state index is 0.242. The van der Waals surface area contributed by atoms with Crippen LogP contribution in [0.25, 0.3) is 0 Å². The third kappa shape index (κ3) is 7.73. The highest BCUT2D eigenvalue weighted by Gasteiger charge is 2.28. The SMILES string of the molecule is CC(CNC1CSCC(C)(C)C1)CN(C)C(=O)OC(C)(C)C. The first-order valence-electron chi connectivity index (χ1n) is 8.24. The van der Waals surface area contributed by atoms with Gasteiger partial charge < -0.3 is 15.0 Å². The third-order valence-electron chi connectivity index (χ3n) is 3.66. The largest absolute Gasteiger partial charge is 0.444 e. The van der Waals surface area contributed by atoms with Crippen LogP contribution in [-0.2, 0) is 4.74 Å². The van der Waals surface area contributed by atoms with E-state index in [1.54, 1.807) is 4.90 Å². The van der Waals surface area contributed by atoms with E-state index < -0.39 is 5.60 Å². The van der Waals surface area contributed by atoms with Crippen molar-refractivity contribution in [3.63, 3.8) is 0 Å². The van der Waals surface area contributed by atoms with Crippen LogP contribution in [0.15, 0.2) is 0 Å². The summed E-state index contributed by atoms with van der Waals surface area (Å²) in [6, 6.07) is 0.586. The fraction of sp³-hybridized carbons (Fsp3) is 0.941. The predicted octanol–water partition coefficient (Wildman–Crippen LogP) is 3.61. The summed E-state index contributed by atoms with van der Waals surface area (Å²) in [7, 11) is 1.81. The Bertz CT molecular complexity index is 366. The molecule has 2 unspecified atom stereocenters. The number of nitrogens with zero attached hydrogens (tertiary/aromatic N) is 1. The molecule has 1 aliphatic heterocycles. The van der Waals surface area contributed by atoms with Crippen LogP contribution in [0.1, 0.15) is 48.0 Å². The highest BCUT2D eigenvalue weighted by Crippen LogP contribution is 2.33. The molecule has 0 spiro atoms. The number of thioether (sulfide) groups is 1. The molecule has 1 heterocycles. The van der Waals surface area contributed by atoms with Crippen molar-refractivity contribution >= 4 is 17.9 Å². The lowest BCUT2D eigenvalue weighted by molar-refractivity contribution is 0.0276. The van der Waals surface area contributed by atoms with Crippen molar-refractivity contribution in [2.45, 2.75) is 59.6 Å². The Morgan fingerprint density at radius 3 is 2.64 bits per heavy atom. The van der Waals surface area contributed by atoms with E-state index in [1.165, 1.54) is 17.9 Å². The number of carbonyl (C=O) groups excluding carboxylic acids is 1. The molecule has 4 nitrogen and oxygen atoms in total. The van der Waals surface area contributed by atoms with Crippen molar-refractivity contribution in [2.75, 3.05) is 31.6 Å². The molecule has 0 aliphatic carbocycles. The van der Waals surface area contributed by atoms with Crippen molar-refractivity contribution in [3.05, 3.63) is 0 Å². The fourth-order valence-electron chi connectivity index (χ4n) is 2.71. The second-order valence-corrected chi connectivity index (χ2v) is 9.48. The summed E-state index contributed by atoms with van der Waals surface area (Å²) in [5.41, 5.74) is -0.00510. The molecular weight excluding hydrogens is 296 g/mol. The Morgan fingerprint density at radius 1 is 1.45 bits per heavy atom. The summed E-state index contributed by atoms with van der Waals surface area (Å²) in [5, 5.41) is 3.67. The molecule has 1 N–H and O–H groups in total. The summed E-state index contributed by atoms with van der Waals surface area (Å²) >= 11 is 2.04. The number of ether oxygens (including phenoxy) is 1. The lowest BCUT2D eigenvalue weighted by Crippen LogP contribution is -2.44. The van der Waals surface area contributed by atoms with Crippen LogP contribution in [0.4, 0.5) is 4.79 Å². The van der Waals surface area contributed by atoms with Gasteiger partial charge in [0.2, 0.25) is 0 Å². The van der Waals surface area contributed by atoms with Gasteiger partial charge in [-0.25, -0.2) is 4.79 Å². The summed E-state index contributed by atoms with van der Waals surface area (Å²) in [4.78, 5) is 13.6. The van der Waals surface area contributed by atoms with E-state index in [9.17, 15) is 4.79 Å². The van der Waals surface area contributed by atoms with E-state index in [0.717, 1.165) is 6.54 Å². The number of hydrogen-bond acceptors (Lipinski definition) is 4. The predicted molar refractivity (Wildman–Crippen MR) is 95.5 cm³/mol. The minimum atomic E-state index is -0.433. The molecule has 1 amide bonds. The van der Waals surface area contributed by atoms with E-state index in [4.69, 9.17) is 4.74 Å². The first-order valence-corrected chi connectivity index (χ1v) is 9.39. The molecule has 0 aromatic heterocycles. The first-order chi connectivity index (χ1) is 9.98. The van der Waals surface area contributed by atoms with E-state index >= 15 is 0 Å². The van der Waals surface area contributed by atoms with Crippen LogP contribution in [0.2, 0.25) is 0 Å². The molecule has 2 atom stereocenters. The topological polar surface area (TPSA) is 41.6 Å². The van der Waals surface area contributed by atoms with Gasteiger partial charge >= 0.3 is 6.09 Å². The molecule has 0 saturated carbocycles. The number of amides is 1. The third-order valence-corrected chi connectivity index (χ3v) is 5.28. The minimum Gasteiger partial charge on any atom is -0.444 e. The van der Waals surface area contributed by atoms with Crippen molar-refractivity contribution in [1.29, 1.82) is 0 Å². The molecule has 1 rings (SSSR count). The molecule has 1 saturated heterocycles. The Balaban J connectivity index is 2.30.